The second kappa shape index (κ2) is 8.56. The van der Waals surface area contributed by atoms with Crippen LogP contribution in [-0.2, 0) is 11.2 Å². The molecule has 1 unspecified atom stereocenters. The maximum absolute atomic E-state index is 11.8. The largest absolute Gasteiger partial charge is 0.497 e. The van der Waals surface area contributed by atoms with Gasteiger partial charge in [-0.25, -0.2) is 0 Å². The highest BCUT2D eigenvalue weighted by atomic mass is 16.5. The summed E-state index contributed by atoms with van der Waals surface area (Å²) in [5.74, 6) is -0.625. The van der Waals surface area contributed by atoms with E-state index in [-0.39, 0.29) is 0 Å². The number of aryl methyl sites for hydroxylation is 1. The maximum Gasteiger partial charge on any atom is 0.311 e. The fourth-order valence-electron chi connectivity index (χ4n) is 3.16. The van der Waals surface area contributed by atoms with Crippen molar-refractivity contribution in [3.05, 3.63) is 59.2 Å². The van der Waals surface area contributed by atoms with Gasteiger partial charge in [0.2, 0.25) is 0 Å². The second-order valence-corrected chi connectivity index (χ2v) is 6.16. The molecule has 2 aromatic carbocycles. The first-order valence-electron chi connectivity index (χ1n) is 8.71. The van der Waals surface area contributed by atoms with Crippen LogP contribution in [0.25, 0.3) is 0 Å². The first-order chi connectivity index (χ1) is 12.0. The molecule has 1 N–H and O–H groups in total. The monoisotopic (exact) mass is 341 g/mol. The van der Waals surface area contributed by atoms with Crippen LogP contribution in [-0.4, -0.2) is 31.3 Å². The Bertz CT molecular complexity index is 706. The van der Waals surface area contributed by atoms with Crippen LogP contribution < -0.4 is 9.64 Å². The molecule has 2 rings (SSSR count). The normalized spacial score (nSPS) is 11.8. The van der Waals surface area contributed by atoms with Crippen molar-refractivity contribution in [3.8, 4) is 5.75 Å². The molecular formula is C21H27NO3. The number of benzene rings is 2. The zero-order chi connectivity index (χ0) is 18.4. The summed E-state index contributed by atoms with van der Waals surface area (Å²) >= 11 is 0. The molecule has 4 nitrogen and oxygen atoms in total. The number of aliphatic carboxylic acids is 1. The number of rotatable bonds is 8. The number of anilines is 1. The minimum Gasteiger partial charge on any atom is -0.497 e. The third-order valence-electron chi connectivity index (χ3n) is 4.66. The van der Waals surface area contributed by atoms with Crippen molar-refractivity contribution in [2.45, 2.75) is 33.1 Å². The summed E-state index contributed by atoms with van der Waals surface area (Å²) in [5, 5.41) is 9.72. The molecule has 0 amide bonds. The molecule has 0 fully saturated rings. The molecule has 0 saturated heterocycles. The predicted octanol–water partition coefficient (Wildman–Crippen LogP) is 4.26. The molecular weight excluding hydrogens is 314 g/mol. The lowest BCUT2D eigenvalue weighted by Crippen LogP contribution is -2.21. The summed E-state index contributed by atoms with van der Waals surface area (Å²) in [6.07, 6.45) is 0.473. The Morgan fingerprint density at radius 2 is 1.76 bits per heavy atom. The molecule has 0 aliphatic rings. The third kappa shape index (κ3) is 4.53. The van der Waals surface area contributed by atoms with Crippen LogP contribution in [0.3, 0.4) is 0 Å². The zero-order valence-electron chi connectivity index (χ0n) is 15.5. The van der Waals surface area contributed by atoms with Gasteiger partial charge in [-0.05, 0) is 68.1 Å². The van der Waals surface area contributed by atoms with Crippen molar-refractivity contribution in [1.82, 2.24) is 0 Å². The number of carbonyl (C=O) groups is 1. The van der Waals surface area contributed by atoms with E-state index in [1.54, 1.807) is 7.11 Å². The van der Waals surface area contributed by atoms with Gasteiger partial charge in [-0.1, -0.05) is 18.2 Å². The molecule has 0 saturated carbocycles. The van der Waals surface area contributed by atoms with Gasteiger partial charge in [0.1, 0.15) is 5.75 Å². The quantitative estimate of drug-likeness (QED) is 0.779. The predicted molar refractivity (Wildman–Crippen MR) is 102 cm³/mol. The number of ether oxygens (including phenoxy) is 1. The van der Waals surface area contributed by atoms with E-state index in [4.69, 9.17) is 4.74 Å². The van der Waals surface area contributed by atoms with Crippen molar-refractivity contribution in [1.29, 1.82) is 0 Å². The maximum atomic E-state index is 11.8. The van der Waals surface area contributed by atoms with Gasteiger partial charge in [0.05, 0.1) is 13.0 Å². The average Bonchev–Trinajstić information content (AvgIpc) is 2.62. The average molecular weight is 341 g/mol. The first-order valence-corrected chi connectivity index (χ1v) is 8.71. The summed E-state index contributed by atoms with van der Waals surface area (Å²) in [4.78, 5) is 14.1. The number of methoxy groups -OCH3 is 1. The Hall–Kier alpha value is -2.49. The number of hydrogen-bond acceptors (Lipinski definition) is 3. The third-order valence-corrected chi connectivity index (χ3v) is 4.66. The van der Waals surface area contributed by atoms with Crippen LogP contribution in [0, 0.1) is 6.92 Å². The van der Waals surface area contributed by atoms with Gasteiger partial charge in [0.25, 0.3) is 0 Å². The second-order valence-electron chi connectivity index (χ2n) is 6.16. The highest BCUT2D eigenvalue weighted by Gasteiger charge is 2.22. The topological polar surface area (TPSA) is 49.8 Å². The summed E-state index contributed by atoms with van der Waals surface area (Å²) in [6, 6.07) is 13.8. The van der Waals surface area contributed by atoms with Crippen LogP contribution in [0.5, 0.6) is 5.75 Å². The SMILES string of the molecule is CCN(CC)c1ccc(CC(C(=O)O)c2ccc(OC)cc2C)cc1. The summed E-state index contributed by atoms with van der Waals surface area (Å²) in [7, 11) is 1.61. The highest BCUT2D eigenvalue weighted by molar-refractivity contribution is 5.77. The Balaban J connectivity index is 2.24. The van der Waals surface area contributed by atoms with E-state index >= 15 is 0 Å². The minimum absolute atomic E-state index is 0.473. The highest BCUT2D eigenvalue weighted by Crippen LogP contribution is 2.28. The number of nitrogens with zero attached hydrogens (tertiary/aromatic N) is 1. The molecule has 0 aliphatic heterocycles. The minimum atomic E-state index is -0.805. The van der Waals surface area contributed by atoms with Gasteiger partial charge >= 0.3 is 5.97 Å². The molecule has 0 aliphatic carbocycles. The van der Waals surface area contributed by atoms with Crippen LogP contribution in [0.4, 0.5) is 5.69 Å². The van der Waals surface area contributed by atoms with Gasteiger partial charge in [-0.3, -0.25) is 4.79 Å². The van der Waals surface area contributed by atoms with Crippen LogP contribution in [0.15, 0.2) is 42.5 Å². The smallest absolute Gasteiger partial charge is 0.311 e. The van der Waals surface area contributed by atoms with Crippen molar-refractivity contribution in [2.75, 3.05) is 25.1 Å². The molecule has 0 bridgehead atoms. The molecule has 4 heteroatoms. The fourth-order valence-corrected chi connectivity index (χ4v) is 3.16. The van der Waals surface area contributed by atoms with Gasteiger partial charge in [-0.15, -0.1) is 0 Å². The summed E-state index contributed by atoms with van der Waals surface area (Å²) < 4.78 is 5.21. The Kier molecular flexibility index (Phi) is 6.45. The van der Waals surface area contributed by atoms with Crippen molar-refractivity contribution in [3.63, 3.8) is 0 Å². The molecule has 134 valence electrons. The van der Waals surface area contributed by atoms with E-state index in [0.717, 1.165) is 35.5 Å². The Morgan fingerprint density at radius 3 is 2.24 bits per heavy atom. The molecule has 0 spiro atoms. The summed E-state index contributed by atoms with van der Waals surface area (Å²) in [5.41, 5.74) is 3.97. The molecule has 25 heavy (non-hydrogen) atoms. The van der Waals surface area contributed by atoms with Crippen molar-refractivity contribution < 1.29 is 14.6 Å². The van der Waals surface area contributed by atoms with E-state index in [2.05, 4.69) is 30.9 Å². The molecule has 0 aromatic heterocycles. The lowest BCUT2D eigenvalue weighted by atomic mass is 9.89. The summed E-state index contributed by atoms with van der Waals surface area (Å²) in [6.45, 7) is 8.10. The lowest BCUT2D eigenvalue weighted by Gasteiger charge is -2.21. The fraction of sp³-hybridized carbons (Fsp3) is 0.381. The number of carboxylic acids is 1. The lowest BCUT2D eigenvalue weighted by molar-refractivity contribution is -0.138. The van der Waals surface area contributed by atoms with Gasteiger partial charge < -0.3 is 14.7 Å². The standard InChI is InChI=1S/C21H27NO3/c1-5-22(6-2)17-9-7-16(8-10-17)14-20(21(23)24)19-12-11-18(25-4)13-15(19)3/h7-13,20H,5-6,14H2,1-4H3,(H,23,24). The van der Waals surface area contributed by atoms with Crippen LogP contribution in [0.2, 0.25) is 0 Å². The number of hydrogen-bond donors (Lipinski definition) is 1. The molecule has 0 radical (unpaired) electrons. The van der Waals surface area contributed by atoms with Gasteiger partial charge in [0, 0.05) is 18.8 Å². The molecule has 2 aromatic rings. The van der Waals surface area contributed by atoms with E-state index in [9.17, 15) is 9.90 Å². The van der Waals surface area contributed by atoms with Crippen molar-refractivity contribution in [2.24, 2.45) is 0 Å². The van der Waals surface area contributed by atoms with Gasteiger partial charge in [0.15, 0.2) is 0 Å². The van der Waals surface area contributed by atoms with E-state index < -0.39 is 11.9 Å². The Labute approximate surface area is 150 Å². The Morgan fingerprint density at radius 1 is 1.12 bits per heavy atom. The number of carboxylic acid groups (broad SMARTS) is 1. The van der Waals surface area contributed by atoms with E-state index in [0.29, 0.717) is 6.42 Å². The zero-order valence-corrected chi connectivity index (χ0v) is 15.5. The molecule has 1 atom stereocenters. The molecule has 0 heterocycles. The van der Waals surface area contributed by atoms with Crippen molar-refractivity contribution >= 4 is 11.7 Å². The van der Waals surface area contributed by atoms with Crippen LogP contribution >= 0.6 is 0 Å². The van der Waals surface area contributed by atoms with Gasteiger partial charge in [-0.2, -0.15) is 0 Å². The first kappa shape index (κ1) is 18.8. The van der Waals surface area contributed by atoms with E-state index in [1.807, 2.05) is 37.3 Å². The van der Waals surface area contributed by atoms with Crippen LogP contribution in [0.1, 0.15) is 36.5 Å². The van der Waals surface area contributed by atoms with E-state index in [1.165, 1.54) is 5.69 Å².